The Morgan fingerprint density at radius 2 is 2.00 bits per heavy atom. The maximum atomic E-state index is 13.1. The highest BCUT2D eigenvalue weighted by Gasteiger charge is 2.31. The molecule has 0 N–H and O–H groups in total. The Bertz CT molecular complexity index is 1200. The number of piperazine rings is 1. The predicted octanol–water partition coefficient (Wildman–Crippen LogP) is 5.28. The Morgan fingerprint density at radius 1 is 1.20 bits per heavy atom. The Kier molecular flexibility index (Phi) is 7.51. The lowest BCUT2D eigenvalue weighted by atomic mass is 10.1. The molecular weight excluding hydrogens is 479 g/mol. The molecule has 1 aromatic heterocycles. The van der Waals surface area contributed by atoms with Crippen molar-refractivity contribution in [3.05, 3.63) is 53.1 Å². The standard InChI is InChI=1S/C25H28F3N3O3S/c1-4-33-23(32)15-34-20-10-16(2)9-18(11-20)14-30-7-8-31(17(3)13-30)24-29-21-6-5-19(25(26,27)28)12-22(21)35-24/h5-6,9-12,17H,4,7-8,13-15H2,1-3H3/t17-/m1/s1. The minimum Gasteiger partial charge on any atom is -0.482 e. The number of hydrogen-bond acceptors (Lipinski definition) is 7. The van der Waals surface area contributed by atoms with E-state index in [1.165, 1.54) is 23.5 Å². The lowest BCUT2D eigenvalue weighted by Gasteiger charge is -2.39. The zero-order valence-corrected chi connectivity index (χ0v) is 20.7. The van der Waals surface area contributed by atoms with Crippen LogP contribution in [0.15, 0.2) is 36.4 Å². The Labute approximate surface area is 206 Å². The number of aryl methyl sites for hydroxylation is 1. The van der Waals surface area contributed by atoms with Crippen molar-refractivity contribution in [3.8, 4) is 5.75 Å². The Hall–Kier alpha value is -2.85. The van der Waals surface area contributed by atoms with Gasteiger partial charge in [0.1, 0.15) is 5.75 Å². The summed E-state index contributed by atoms with van der Waals surface area (Å²) < 4.78 is 50.2. The molecule has 6 nitrogen and oxygen atoms in total. The number of halogens is 3. The molecule has 3 aromatic rings. The number of thiazole rings is 1. The van der Waals surface area contributed by atoms with Gasteiger partial charge in [-0.05, 0) is 62.2 Å². The maximum Gasteiger partial charge on any atom is 0.416 e. The van der Waals surface area contributed by atoms with Crippen LogP contribution < -0.4 is 9.64 Å². The van der Waals surface area contributed by atoms with Crippen LogP contribution in [0.5, 0.6) is 5.75 Å². The highest BCUT2D eigenvalue weighted by atomic mass is 32.1. The molecule has 4 rings (SSSR count). The maximum absolute atomic E-state index is 13.1. The van der Waals surface area contributed by atoms with Gasteiger partial charge in [0.2, 0.25) is 0 Å². The average molecular weight is 508 g/mol. The van der Waals surface area contributed by atoms with Crippen molar-refractivity contribution in [2.75, 3.05) is 37.7 Å². The molecule has 0 bridgehead atoms. The number of nitrogens with zero attached hydrogens (tertiary/aromatic N) is 3. The molecule has 0 radical (unpaired) electrons. The molecule has 0 saturated carbocycles. The number of esters is 1. The van der Waals surface area contributed by atoms with Crippen LogP contribution in [0.4, 0.5) is 18.3 Å². The van der Waals surface area contributed by atoms with Crippen LogP contribution in [0.3, 0.4) is 0 Å². The average Bonchev–Trinajstić information content (AvgIpc) is 3.20. The van der Waals surface area contributed by atoms with Crippen LogP contribution >= 0.6 is 11.3 Å². The van der Waals surface area contributed by atoms with E-state index in [2.05, 4.69) is 27.8 Å². The molecule has 1 atom stereocenters. The number of rotatable bonds is 7. The van der Waals surface area contributed by atoms with Gasteiger partial charge in [0.15, 0.2) is 11.7 Å². The molecule has 0 unspecified atom stereocenters. The van der Waals surface area contributed by atoms with Gasteiger partial charge in [0.05, 0.1) is 22.4 Å². The summed E-state index contributed by atoms with van der Waals surface area (Å²) in [6.07, 6.45) is -4.36. The van der Waals surface area contributed by atoms with Crippen molar-refractivity contribution in [1.29, 1.82) is 0 Å². The molecule has 0 aliphatic carbocycles. The topological polar surface area (TPSA) is 54.9 Å². The molecule has 1 fully saturated rings. The third-order valence-electron chi connectivity index (χ3n) is 5.84. The Balaban J connectivity index is 1.40. The SMILES string of the molecule is CCOC(=O)COc1cc(C)cc(CN2CCN(c3nc4ccc(C(F)(F)F)cc4s3)[C@H](C)C2)c1. The molecule has 0 amide bonds. The van der Waals surface area contributed by atoms with E-state index in [-0.39, 0.29) is 12.6 Å². The van der Waals surface area contributed by atoms with Gasteiger partial charge in [-0.15, -0.1) is 0 Å². The van der Waals surface area contributed by atoms with Gasteiger partial charge in [0, 0.05) is 32.2 Å². The van der Waals surface area contributed by atoms with E-state index in [9.17, 15) is 18.0 Å². The van der Waals surface area contributed by atoms with Crippen molar-refractivity contribution < 1.29 is 27.4 Å². The summed E-state index contributed by atoms with van der Waals surface area (Å²) in [4.78, 5) is 20.7. The number of carbonyl (C=O) groups excluding carboxylic acids is 1. The minimum atomic E-state index is -4.36. The first-order valence-corrected chi connectivity index (χ1v) is 12.3. The van der Waals surface area contributed by atoms with E-state index in [0.29, 0.717) is 22.6 Å². The second-order valence-corrected chi connectivity index (χ2v) is 9.71. The summed E-state index contributed by atoms with van der Waals surface area (Å²) in [5, 5.41) is 0.747. The molecule has 1 aliphatic rings. The van der Waals surface area contributed by atoms with Gasteiger partial charge in [-0.25, -0.2) is 9.78 Å². The van der Waals surface area contributed by atoms with Gasteiger partial charge < -0.3 is 14.4 Å². The number of carbonyl (C=O) groups is 1. The van der Waals surface area contributed by atoms with Crippen molar-refractivity contribution in [3.63, 3.8) is 0 Å². The molecule has 188 valence electrons. The van der Waals surface area contributed by atoms with Gasteiger partial charge in [-0.2, -0.15) is 13.2 Å². The number of ether oxygens (including phenoxy) is 2. The van der Waals surface area contributed by atoms with E-state index < -0.39 is 17.7 Å². The van der Waals surface area contributed by atoms with Crippen LogP contribution in [0.25, 0.3) is 10.2 Å². The van der Waals surface area contributed by atoms with Gasteiger partial charge in [-0.3, -0.25) is 4.90 Å². The second-order valence-electron chi connectivity index (χ2n) is 8.70. The van der Waals surface area contributed by atoms with E-state index in [4.69, 9.17) is 9.47 Å². The quantitative estimate of drug-likeness (QED) is 0.406. The Morgan fingerprint density at radius 3 is 2.71 bits per heavy atom. The highest BCUT2D eigenvalue weighted by molar-refractivity contribution is 7.22. The van der Waals surface area contributed by atoms with Crippen molar-refractivity contribution in [1.82, 2.24) is 9.88 Å². The number of anilines is 1. The summed E-state index contributed by atoms with van der Waals surface area (Å²) in [6.45, 7) is 9.06. The zero-order chi connectivity index (χ0) is 25.2. The van der Waals surface area contributed by atoms with E-state index in [1.807, 2.05) is 19.1 Å². The van der Waals surface area contributed by atoms with E-state index in [0.717, 1.165) is 48.5 Å². The van der Waals surface area contributed by atoms with Gasteiger partial charge in [0.25, 0.3) is 0 Å². The van der Waals surface area contributed by atoms with E-state index in [1.54, 1.807) is 6.92 Å². The number of fused-ring (bicyclic) bond motifs is 1. The lowest BCUT2D eigenvalue weighted by Crippen LogP contribution is -2.51. The van der Waals surface area contributed by atoms with E-state index >= 15 is 0 Å². The number of benzene rings is 2. The third-order valence-corrected chi connectivity index (χ3v) is 6.90. The summed E-state index contributed by atoms with van der Waals surface area (Å²) in [5.41, 5.74) is 2.06. The zero-order valence-electron chi connectivity index (χ0n) is 19.9. The fourth-order valence-electron chi connectivity index (χ4n) is 4.27. The largest absolute Gasteiger partial charge is 0.482 e. The summed E-state index contributed by atoms with van der Waals surface area (Å²) in [6, 6.07) is 9.78. The highest BCUT2D eigenvalue weighted by Crippen LogP contribution is 2.36. The van der Waals surface area contributed by atoms with Crippen LogP contribution in [0.1, 0.15) is 30.5 Å². The smallest absolute Gasteiger partial charge is 0.416 e. The van der Waals surface area contributed by atoms with Crippen molar-refractivity contribution >= 4 is 32.7 Å². The van der Waals surface area contributed by atoms with Crippen LogP contribution in [0.2, 0.25) is 0 Å². The minimum absolute atomic E-state index is 0.126. The summed E-state index contributed by atoms with van der Waals surface area (Å²) >= 11 is 1.30. The fraction of sp³-hybridized carbons (Fsp3) is 0.440. The van der Waals surface area contributed by atoms with Crippen LogP contribution in [0, 0.1) is 6.92 Å². The fourth-order valence-corrected chi connectivity index (χ4v) is 5.41. The first kappa shape index (κ1) is 25.2. The molecule has 10 heteroatoms. The van der Waals surface area contributed by atoms with Crippen LogP contribution in [-0.4, -0.2) is 54.7 Å². The molecular formula is C25H28F3N3O3S. The summed E-state index contributed by atoms with van der Waals surface area (Å²) in [5.74, 6) is 0.234. The van der Waals surface area contributed by atoms with Gasteiger partial charge >= 0.3 is 12.1 Å². The number of aromatic nitrogens is 1. The molecule has 2 heterocycles. The second kappa shape index (κ2) is 10.4. The molecule has 0 spiro atoms. The molecule has 1 aliphatic heterocycles. The first-order valence-electron chi connectivity index (χ1n) is 11.5. The normalized spacial score (nSPS) is 17.1. The third kappa shape index (κ3) is 6.24. The number of hydrogen-bond donors (Lipinski definition) is 0. The van der Waals surface area contributed by atoms with Crippen molar-refractivity contribution in [2.45, 2.75) is 39.5 Å². The number of alkyl halides is 3. The lowest BCUT2D eigenvalue weighted by molar-refractivity contribution is -0.145. The first-order chi connectivity index (χ1) is 16.6. The van der Waals surface area contributed by atoms with Gasteiger partial charge in [-0.1, -0.05) is 17.4 Å². The van der Waals surface area contributed by atoms with Crippen LogP contribution in [-0.2, 0) is 22.3 Å². The molecule has 2 aromatic carbocycles. The summed E-state index contributed by atoms with van der Waals surface area (Å²) in [7, 11) is 0. The molecule has 1 saturated heterocycles. The monoisotopic (exact) mass is 507 g/mol. The molecule has 35 heavy (non-hydrogen) atoms. The van der Waals surface area contributed by atoms with Crippen molar-refractivity contribution in [2.24, 2.45) is 0 Å². The predicted molar refractivity (Wildman–Crippen MR) is 130 cm³/mol.